The zero-order valence-corrected chi connectivity index (χ0v) is 12.0. The fraction of sp³-hybridized carbons (Fsp3) is 0.154. The molecule has 3 rings (SSSR count). The predicted octanol–water partition coefficient (Wildman–Crippen LogP) is 2.02. The second-order valence-electron chi connectivity index (χ2n) is 4.63. The number of thiocarbonyl (C=S) groups is 1. The van der Waals surface area contributed by atoms with E-state index >= 15 is 0 Å². The van der Waals surface area contributed by atoms with Crippen LogP contribution in [0.1, 0.15) is 11.4 Å². The smallest absolute Gasteiger partial charge is 0.169 e. The van der Waals surface area contributed by atoms with Gasteiger partial charge in [0, 0.05) is 11.1 Å². The summed E-state index contributed by atoms with van der Waals surface area (Å²) in [6.07, 6.45) is 0. The topological polar surface area (TPSA) is 84.5 Å². The summed E-state index contributed by atoms with van der Waals surface area (Å²) < 4.78 is 1.90. The first kappa shape index (κ1) is 12.6. The third kappa shape index (κ3) is 2.12. The van der Waals surface area contributed by atoms with E-state index in [4.69, 9.17) is 18.0 Å². The summed E-state index contributed by atoms with van der Waals surface area (Å²) in [5, 5.41) is 15.5. The van der Waals surface area contributed by atoms with E-state index in [9.17, 15) is 0 Å². The second-order valence-corrected chi connectivity index (χ2v) is 5.07. The number of nitrogens with zero attached hydrogens (tertiary/aromatic N) is 3. The zero-order chi connectivity index (χ0) is 14.3. The van der Waals surface area contributed by atoms with Crippen LogP contribution in [0.2, 0.25) is 0 Å². The van der Waals surface area contributed by atoms with Crippen molar-refractivity contribution >= 4 is 34.1 Å². The van der Waals surface area contributed by atoms with Gasteiger partial charge in [0.1, 0.15) is 0 Å². The van der Waals surface area contributed by atoms with E-state index in [2.05, 4.69) is 20.6 Å². The summed E-state index contributed by atoms with van der Waals surface area (Å²) in [5.74, 6) is 0.621. The Balaban J connectivity index is 2.14. The lowest BCUT2D eigenvalue weighted by atomic mass is 10.2. The van der Waals surface area contributed by atoms with E-state index in [0.29, 0.717) is 5.82 Å². The van der Waals surface area contributed by atoms with E-state index in [1.807, 2.05) is 42.8 Å². The van der Waals surface area contributed by atoms with Crippen molar-refractivity contribution in [2.45, 2.75) is 13.8 Å². The number of anilines is 1. The third-order valence-electron chi connectivity index (χ3n) is 3.04. The van der Waals surface area contributed by atoms with Crippen molar-refractivity contribution in [1.29, 1.82) is 0 Å². The maximum absolute atomic E-state index is 5.50. The summed E-state index contributed by atoms with van der Waals surface area (Å²) in [5.41, 5.74) is 9.44. The molecule has 0 saturated carbocycles. The first-order valence-electron chi connectivity index (χ1n) is 6.13. The number of rotatable bonds is 2. The number of fused-ring (bicyclic) bond motifs is 1. The molecule has 0 fully saturated rings. The monoisotopic (exact) mass is 286 g/mol. The summed E-state index contributed by atoms with van der Waals surface area (Å²) in [4.78, 5) is 0. The number of H-pyrrole nitrogens is 1. The van der Waals surface area contributed by atoms with Crippen LogP contribution in [0.4, 0.5) is 5.82 Å². The second kappa shape index (κ2) is 4.61. The van der Waals surface area contributed by atoms with Gasteiger partial charge in [-0.3, -0.25) is 5.10 Å². The highest BCUT2D eigenvalue weighted by Crippen LogP contribution is 2.24. The van der Waals surface area contributed by atoms with Crippen LogP contribution in [0.3, 0.4) is 0 Å². The molecule has 0 amide bonds. The molecule has 0 saturated heterocycles. The Labute approximate surface area is 121 Å². The summed E-state index contributed by atoms with van der Waals surface area (Å²) in [6, 6.07) is 7.98. The third-order valence-corrected chi connectivity index (χ3v) is 3.14. The number of nitrogens with one attached hydrogen (secondary N) is 2. The molecule has 20 heavy (non-hydrogen) atoms. The molecule has 0 bridgehead atoms. The lowest BCUT2D eigenvalue weighted by Crippen LogP contribution is -2.19. The molecule has 0 aliphatic rings. The molecule has 1 aromatic carbocycles. The van der Waals surface area contributed by atoms with E-state index in [1.165, 1.54) is 0 Å². The Morgan fingerprint density at radius 1 is 1.35 bits per heavy atom. The van der Waals surface area contributed by atoms with E-state index in [1.54, 1.807) is 0 Å². The van der Waals surface area contributed by atoms with Gasteiger partial charge >= 0.3 is 0 Å². The molecule has 0 unspecified atom stereocenters. The highest BCUT2D eigenvalue weighted by molar-refractivity contribution is 7.80. The van der Waals surface area contributed by atoms with Crippen molar-refractivity contribution in [2.24, 2.45) is 5.73 Å². The van der Waals surface area contributed by atoms with Crippen LogP contribution in [-0.4, -0.2) is 25.1 Å². The number of hydrogen-bond acceptors (Lipinski definition) is 3. The Morgan fingerprint density at radius 2 is 2.15 bits per heavy atom. The molecule has 6 nitrogen and oxygen atoms in total. The molecular weight excluding hydrogens is 272 g/mol. The number of hydrogen-bond donors (Lipinski definition) is 3. The molecule has 0 spiro atoms. The average molecular weight is 286 g/mol. The molecule has 0 aliphatic heterocycles. The van der Waals surface area contributed by atoms with Gasteiger partial charge in [-0.05, 0) is 50.3 Å². The van der Waals surface area contributed by atoms with Crippen LogP contribution in [0, 0.1) is 13.8 Å². The van der Waals surface area contributed by atoms with Gasteiger partial charge < -0.3 is 11.1 Å². The van der Waals surface area contributed by atoms with Gasteiger partial charge in [-0.15, -0.1) is 0 Å². The lowest BCUT2D eigenvalue weighted by Gasteiger charge is -2.05. The number of aromatic nitrogens is 4. The van der Waals surface area contributed by atoms with Gasteiger partial charge in [0.25, 0.3) is 0 Å². The molecule has 0 radical (unpaired) electrons. The van der Waals surface area contributed by atoms with Crippen molar-refractivity contribution in [3.63, 3.8) is 0 Å². The minimum Gasteiger partial charge on any atom is -0.376 e. The van der Waals surface area contributed by atoms with Crippen LogP contribution in [0.15, 0.2) is 24.3 Å². The fourth-order valence-electron chi connectivity index (χ4n) is 2.24. The van der Waals surface area contributed by atoms with Crippen molar-refractivity contribution in [2.75, 3.05) is 5.32 Å². The molecular formula is C13H14N6S. The lowest BCUT2D eigenvalue weighted by molar-refractivity contribution is 0.835. The first-order valence-corrected chi connectivity index (χ1v) is 6.53. The fourth-order valence-corrected chi connectivity index (χ4v) is 2.33. The van der Waals surface area contributed by atoms with Crippen LogP contribution >= 0.6 is 12.2 Å². The quantitative estimate of drug-likeness (QED) is 0.628. The van der Waals surface area contributed by atoms with Crippen molar-refractivity contribution in [3.05, 3.63) is 35.7 Å². The summed E-state index contributed by atoms with van der Waals surface area (Å²) in [6.45, 7) is 3.99. The summed E-state index contributed by atoms with van der Waals surface area (Å²) in [7, 11) is 0. The van der Waals surface area contributed by atoms with Gasteiger partial charge in [-0.1, -0.05) is 0 Å². The van der Waals surface area contributed by atoms with Crippen LogP contribution < -0.4 is 11.1 Å². The van der Waals surface area contributed by atoms with Crippen LogP contribution in [-0.2, 0) is 0 Å². The molecule has 4 N–H and O–H groups in total. The summed E-state index contributed by atoms with van der Waals surface area (Å²) >= 11 is 4.85. The average Bonchev–Trinajstić information content (AvgIpc) is 2.92. The zero-order valence-electron chi connectivity index (χ0n) is 11.1. The largest absolute Gasteiger partial charge is 0.376 e. The first-order chi connectivity index (χ1) is 9.54. The van der Waals surface area contributed by atoms with Gasteiger partial charge in [0.2, 0.25) is 0 Å². The Hall–Kier alpha value is -2.41. The van der Waals surface area contributed by atoms with Gasteiger partial charge in [0.05, 0.1) is 16.9 Å². The van der Waals surface area contributed by atoms with Gasteiger partial charge in [-0.2, -0.15) is 10.2 Å². The SMILES string of the molecule is Cc1cc(C)n(-c2ccc3[nH]nc(NC(N)=S)c3c2)n1. The highest BCUT2D eigenvalue weighted by Gasteiger charge is 2.09. The van der Waals surface area contributed by atoms with Gasteiger partial charge in [0.15, 0.2) is 10.9 Å². The van der Waals surface area contributed by atoms with Crippen molar-refractivity contribution < 1.29 is 0 Å². The normalized spacial score (nSPS) is 10.9. The predicted molar refractivity (Wildman–Crippen MR) is 83.1 cm³/mol. The Morgan fingerprint density at radius 3 is 2.80 bits per heavy atom. The van der Waals surface area contributed by atoms with Gasteiger partial charge in [-0.25, -0.2) is 4.68 Å². The minimum atomic E-state index is 0.190. The number of benzene rings is 1. The number of aryl methyl sites for hydroxylation is 2. The molecule has 2 heterocycles. The molecule has 2 aromatic heterocycles. The Bertz CT molecular complexity index is 800. The van der Waals surface area contributed by atoms with E-state index in [-0.39, 0.29) is 5.11 Å². The maximum Gasteiger partial charge on any atom is 0.169 e. The highest BCUT2D eigenvalue weighted by atomic mass is 32.1. The maximum atomic E-state index is 5.50. The minimum absolute atomic E-state index is 0.190. The van der Waals surface area contributed by atoms with E-state index < -0.39 is 0 Å². The number of aromatic amines is 1. The molecule has 102 valence electrons. The molecule has 7 heteroatoms. The molecule has 3 aromatic rings. The molecule has 0 atom stereocenters. The number of nitrogens with two attached hydrogens (primary N) is 1. The standard InChI is InChI=1S/C13H14N6S/c1-7-5-8(2)19(18-7)9-3-4-11-10(6-9)12(17-16-11)15-13(14)20/h3-6H,1-2H3,(H4,14,15,16,17,20). The van der Waals surface area contributed by atoms with Crippen molar-refractivity contribution in [3.8, 4) is 5.69 Å². The van der Waals surface area contributed by atoms with Crippen LogP contribution in [0.25, 0.3) is 16.6 Å². The molecule has 0 aliphatic carbocycles. The van der Waals surface area contributed by atoms with Crippen molar-refractivity contribution in [1.82, 2.24) is 20.0 Å². The Kier molecular flexibility index (Phi) is 2.90. The van der Waals surface area contributed by atoms with E-state index in [0.717, 1.165) is 28.0 Å². The van der Waals surface area contributed by atoms with Crippen LogP contribution in [0.5, 0.6) is 0 Å².